The Labute approximate surface area is 79.7 Å². The van der Waals surface area contributed by atoms with Gasteiger partial charge in [0.1, 0.15) is 5.75 Å². The second-order valence-corrected chi connectivity index (χ2v) is 3.31. The first-order valence-corrected chi connectivity index (χ1v) is 4.53. The molecule has 2 heteroatoms. The molecule has 0 bridgehead atoms. The topological polar surface area (TPSA) is 35.2 Å². The molecule has 0 aliphatic heterocycles. The van der Waals surface area contributed by atoms with Gasteiger partial charge in [-0.1, -0.05) is 17.7 Å². The Kier molecular flexibility index (Phi) is 3.32. The summed E-state index contributed by atoms with van der Waals surface area (Å²) in [6.45, 7) is 4.82. The lowest BCUT2D eigenvalue weighted by molar-refractivity contribution is 0.406. The van der Waals surface area contributed by atoms with Crippen molar-refractivity contribution in [1.29, 1.82) is 0 Å². The Morgan fingerprint density at radius 1 is 1.31 bits per heavy atom. The monoisotopic (exact) mass is 179 g/mol. The summed E-state index contributed by atoms with van der Waals surface area (Å²) in [5, 5.41) is 0. The minimum Gasteiger partial charge on any atom is -0.496 e. The second kappa shape index (κ2) is 4.28. The van der Waals surface area contributed by atoms with Crippen molar-refractivity contribution in [2.75, 3.05) is 13.7 Å². The SMILES string of the molecule is COc1c(C)cc(C)cc1CCN. The molecule has 0 radical (unpaired) electrons. The van der Waals surface area contributed by atoms with Gasteiger partial charge in [-0.25, -0.2) is 0 Å². The average Bonchev–Trinajstić information content (AvgIpc) is 2.04. The van der Waals surface area contributed by atoms with Crippen LogP contribution < -0.4 is 10.5 Å². The number of methoxy groups -OCH3 is 1. The van der Waals surface area contributed by atoms with Crippen LogP contribution in [0.5, 0.6) is 5.75 Å². The van der Waals surface area contributed by atoms with Crippen LogP contribution in [0.4, 0.5) is 0 Å². The third-order valence-corrected chi connectivity index (χ3v) is 2.11. The molecule has 2 nitrogen and oxygen atoms in total. The maximum atomic E-state index is 5.53. The summed E-state index contributed by atoms with van der Waals surface area (Å²) in [7, 11) is 1.71. The van der Waals surface area contributed by atoms with E-state index in [0.717, 1.165) is 12.2 Å². The van der Waals surface area contributed by atoms with E-state index in [0.29, 0.717) is 6.54 Å². The van der Waals surface area contributed by atoms with Crippen LogP contribution in [0.1, 0.15) is 16.7 Å². The summed E-state index contributed by atoms with van der Waals surface area (Å²) in [6, 6.07) is 4.26. The highest BCUT2D eigenvalue weighted by Crippen LogP contribution is 2.24. The zero-order valence-corrected chi connectivity index (χ0v) is 8.55. The molecule has 0 saturated carbocycles. The van der Waals surface area contributed by atoms with E-state index >= 15 is 0 Å². The van der Waals surface area contributed by atoms with Crippen molar-refractivity contribution in [2.24, 2.45) is 5.73 Å². The highest BCUT2D eigenvalue weighted by atomic mass is 16.5. The molecular weight excluding hydrogens is 162 g/mol. The molecule has 1 aromatic carbocycles. The Morgan fingerprint density at radius 3 is 2.54 bits per heavy atom. The quantitative estimate of drug-likeness (QED) is 0.768. The van der Waals surface area contributed by atoms with Gasteiger partial charge in [-0.15, -0.1) is 0 Å². The average molecular weight is 179 g/mol. The number of hydrogen-bond acceptors (Lipinski definition) is 2. The number of aryl methyl sites for hydroxylation is 2. The molecule has 0 aliphatic carbocycles. The largest absolute Gasteiger partial charge is 0.496 e. The van der Waals surface area contributed by atoms with Gasteiger partial charge in [0.05, 0.1) is 7.11 Å². The standard InChI is InChI=1S/C11H17NO/c1-8-6-9(2)11(13-3)10(7-8)4-5-12/h6-7H,4-5,12H2,1-3H3. The van der Waals surface area contributed by atoms with Crippen molar-refractivity contribution in [3.8, 4) is 5.75 Å². The Hall–Kier alpha value is -1.02. The fraction of sp³-hybridized carbons (Fsp3) is 0.455. The van der Waals surface area contributed by atoms with Gasteiger partial charge in [0.15, 0.2) is 0 Å². The van der Waals surface area contributed by atoms with Gasteiger partial charge in [-0.3, -0.25) is 0 Å². The van der Waals surface area contributed by atoms with Gasteiger partial charge >= 0.3 is 0 Å². The fourth-order valence-electron chi connectivity index (χ4n) is 1.68. The van der Waals surface area contributed by atoms with Crippen molar-refractivity contribution < 1.29 is 4.74 Å². The van der Waals surface area contributed by atoms with Crippen molar-refractivity contribution in [3.05, 3.63) is 28.8 Å². The van der Waals surface area contributed by atoms with Gasteiger partial charge in [-0.05, 0) is 37.9 Å². The zero-order valence-electron chi connectivity index (χ0n) is 8.55. The molecule has 0 heterocycles. The predicted octanol–water partition coefficient (Wildman–Crippen LogP) is 1.81. The molecule has 0 fully saturated rings. The van der Waals surface area contributed by atoms with Crippen LogP contribution in [0.25, 0.3) is 0 Å². The molecule has 0 unspecified atom stereocenters. The summed E-state index contributed by atoms with van der Waals surface area (Å²) >= 11 is 0. The molecule has 0 atom stereocenters. The van der Waals surface area contributed by atoms with Crippen molar-refractivity contribution in [1.82, 2.24) is 0 Å². The van der Waals surface area contributed by atoms with Gasteiger partial charge in [0.25, 0.3) is 0 Å². The zero-order chi connectivity index (χ0) is 9.84. The van der Waals surface area contributed by atoms with Crippen LogP contribution in [-0.4, -0.2) is 13.7 Å². The van der Waals surface area contributed by atoms with Crippen LogP contribution in [0.2, 0.25) is 0 Å². The molecule has 0 aromatic heterocycles. The van der Waals surface area contributed by atoms with Crippen molar-refractivity contribution in [2.45, 2.75) is 20.3 Å². The lowest BCUT2D eigenvalue weighted by atomic mass is 10.0. The van der Waals surface area contributed by atoms with E-state index in [2.05, 4.69) is 26.0 Å². The molecule has 13 heavy (non-hydrogen) atoms. The Bertz CT molecular complexity index is 294. The van der Waals surface area contributed by atoms with Crippen molar-refractivity contribution >= 4 is 0 Å². The van der Waals surface area contributed by atoms with Crippen LogP contribution in [-0.2, 0) is 6.42 Å². The van der Waals surface area contributed by atoms with E-state index in [-0.39, 0.29) is 0 Å². The maximum absolute atomic E-state index is 5.53. The molecule has 2 N–H and O–H groups in total. The van der Waals surface area contributed by atoms with Crippen LogP contribution >= 0.6 is 0 Å². The first-order chi connectivity index (χ1) is 6.19. The number of nitrogens with two attached hydrogens (primary N) is 1. The Morgan fingerprint density at radius 2 is 2.00 bits per heavy atom. The van der Waals surface area contributed by atoms with E-state index in [9.17, 15) is 0 Å². The number of hydrogen-bond donors (Lipinski definition) is 1. The van der Waals surface area contributed by atoms with E-state index in [1.807, 2.05) is 0 Å². The number of ether oxygens (including phenoxy) is 1. The molecular formula is C11H17NO. The van der Waals surface area contributed by atoms with Crippen molar-refractivity contribution in [3.63, 3.8) is 0 Å². The molecule has 1 aromatic rings. The normalized spacial score (nSPS) is 10.2. The van der Waals surface area contributed by atoms with Gasteiger partial charge < -0.3 is 10.5 Å². The third kappa shape index (κ3) is 2.22. The fourth-order valence-corrected chi connectivity index (χ4v) is 1.68. The van der Waals surface area contributed by atoms with Gasteiger partial charge in [0, 0.05) is 0 Å². The molecule has 0 spiro atoms. The summed E-state index contributed by atoms with van der Waals surface area (Å²) in [5.74, 6) is 0.982. The summed E-state index contributed by atoms with van der Waals surface area (Å²) in [5.41, 5.74) is 9.19. The molecule has 0 aliphatic rings. The molecule has 0 saturated heterocycles. The van der Waals surface area contributed by atoms with E-state index < -0.39 is 0 Å². The minimum absolute atomic E-state index is 0.666. The summed E-state index contributed by atoms with van der Waals surface area (Å²) in [6.07, 6.45) is 0.881. The minimum atomic E-state index is 0.666. The lowest BCUT2D eigenvalue weighted by Crippen LogP contribution is -2.05. The smallest absolute Gasteiger partial charge is 0.125 e. The lowest BCUT2D eigenvalue weighted by Gasteiger charge is -2.11. The molecule has 72 valence electrons. The maximum Gasteiger partial charge on any atom is 0.125 e. The van der Waals surface area contributed by atoms with Gasteiger partial charge in [-0.2, -0.15) is 0 Å². The summed E-state index contributed by atoms with van der Waals surface area (Å²) < 4.78 is 5.33. The first-order valence-electron chi connectivity index (χ1n) is 4.53. The van der Waals surface area contributed by atoms with Crippen LogP contribution in [0, 0.1) is 13.8 Å². The van der Waals surface area contributed by atoms with Crippen LogP contribution in [0.15, 0.2) is 12.1 Å². The Balaban J connectivity index is 3.13. The van der Waals surface area contributed by atoms with E-state index in [1.54, 1.807) is 7.11 Å². The highest BCUT2D eigenvalue weighted by Gasteiger charge is 2.05. The summed E-state index contributed by atoms with van der Waals surface area (Å²) in [4.78, 5) is 0. The van der Waals surface area contributed by atoms with E-state index in [4.69, 9.17) is 10.5 Å². The molecule has 1 rings (SSSR count). The predicted molar refractivity (Wildman–Crippen MR) is 55.2 cm³/mol. The highest BCUT2D eigenvalue weighted by molar-refractivity contribution is 5.43. The van der Waals surface area contributed by atoms with Gasteiger partial charge in [0.2, 0.25) is 0 Å². The second-order valence-electron chi connectivity index (χ2n) is 3.31. The number of rotatable bonds is 3. The van der Waals surface area contributed by atoms with E-state index in [1.165, 1.54) is 16.7 Å². The number of benzene rings is 1. The third-order valence-electron chi connectivity index (χ3n) is 2.11. The molecule has 0 amide bonds. The first kappa shape index (κ1) is 10.1. The van der Waals surface area contributed by atoms with Crippen LogP contribution in [0.3, 0.4) is 0 Å².